The smallest absolute Gasteiger partial charge is 0.306 e. The van der Waals surface area contributed by atoms with E-state index in [1.165, 1.54) is 19.2 Å². The summed E-state index contributed by atoms with van der Waals surface area (Å²) in [5.74, 6) is -2.06. The summed E-state index contributed by atoms with van der Waals surface area (Å²) in [5.41, 5.74) is 6.72. The molecule has 1 aliphatic carbocycles. The number of carbonyl (C=O) groups is 2. The minimum Gasteiger partial charge on any atom is -0.494 e. The highest BCUT2D eigenvalue weighted by Gasteiger charge is 2.44. The van der Waals surface area contributed by atoms with Crippen LogP contribution in [0.5, 0.6) is 11.5 Å². The van der Waals surface area contributed by atoms with Crippen molar-refractivity contribution in [3.63, 3.8) is 0 Å². The standard InChI is InChI=1S/C30H30ClFN2O5/c1-38-24-13-11-20(28(33)35)26(27(24)32)25-21-15-30(18-5-3-2-4-6-18,39-23(21)14-12-22(25)31)16-34-19-9-7-17(8-10-19)29(36)37/h2-6,11-14,17,19,34H,7-10,15-16H2,1H3,(H2,33,35)(H,36,37)/t17-,19+,30-/m1/s1. The number of benzene rings is 3. The average Bonchev–Trinajstić information content (AvgIpc) is 3.33. The monoisotopic (exact) mass is 552 g/mol. The van der Waals surface area contributed by atoms with Crippen LogP contribution < -0.4 is 20.5 Å². The van der Waals surface area contributed by atoms with E-state index in [1.807, 2.05) is 30.3 Å². The summed E-state index contributed by atoms with van der Waals surface area (Å²) in [6.45, 7) is 0.439. The van der Waals surface area contributed by atoms with Crippen LogP contribution in [-0.4, -0.2) is 36.7 Å². The van der Waals surface area contributed by atoms with E-state index in [2.05, 4.69) is 5.32 Å². The van der Waals surface area contributed by atoms with E-state index < -0.39 is 23.3 Å². The molecule has 1 atom stereocenters. The second-order valence-electron chi connectivity index (χ2n) is 10.2. The van der Waals surface area contributed by atoms with Crippen molar-refractivity contribution in [3.8, 4) is 22.6 Å². The maximum absolute atomic E-state index is 15.7. The molecular weight excluding hydrogens is 523 g/mol. The lowest BCUT2D eigenvalue weighted by Crippen LogP contribution is -2.46. The molecule has 204 valence electrons. The topological polar surface area (TPSA) is 111 Å². The molecule has 3 aromatic carbocycles. The zero-order chi connectivity index (χ0) is 27.7. The van der Waals surface area contributed by atoms with Crippen LogP contribution in [0.2, 0.25) is 5.02 Å². The number of carboxylic acid groups (broad SMARTS) is 1. The maximum atomic E-state index is 15.7. The summed E-state index contributed by atoms with van der Waals surface area (Å²) in [4.78, 5) is 23.7. The third-order valence-corrected chi connectivity index (χ3v) is 8.20. The molecule has 39 heavy (non-hydrogen) atoms. The number of rotatable bonds is 8. The third kappa shape index (κ3) is 5.06. The van der Waals surface area contributed by atoms with E-state index in [4.69, 9.17) is 26.8 Å². The van der Waals surface area contributed by atoms with Crippen LogP contribution in [0.4, 0.5) is 4.39 Å². The largest absolute Gasteiger partial charge is 0.494 e. The van der Waals surface area contributed by atoms with Crippen molar-refractivity contribution in [2.45, 2.75) is 43.7 Å². The Hall–Kier alpha value is -3.62. The molecule has 0 radical (unpaired) electrons. The Labute approximate surface area is 231 Å². The van der Waals surface area contributed by atoms with E-state index in [-0.39, 0.29) is 33.9 Å². The summed E-state index contributed by atoms with van der Waals surface area (Å²) in [5, 5.41) is 13.2. The number of carboxylic acids is 1. The van der Waals surface area contributed by atoms with E-state index in [0.717, 1.165) is 18.4 Å². The molecule has 9 heteroatoms. The first-order valence-electron chi connectivity index (χ1n) is 12.9. The van der Waals surface area contributed by atoms with Gasteiger partial charge in [0.2, 0.25) is 5.91 Å². The van der Waals surface area contributed by atoms with Crippen LogP contribution in [0.15, 0.2) is 54.6 Å². The predicted molar refractivity (Wildman–Crippen MR) is 146 cm³/mol. The Morgan fingerprint density at radius 1 is 1.10 bits per heavy atom. The first-order chi connectivity index (χ1) is 18.7. The van der Waals surface area contributed by atoms with Gasteiger partial charge in [-0.2, -0.15) is 0 Å². The predicted octanol–water partition coefficient (Wildman–Crippen LogP) is 5.32. The summed E-state index contributed by atoms with van der Waals surface area (Å²) in [7, 11) is 1.35. The molecule has 2 aliphatic rings. The summed E-state index contributed by atoms with van der Waals surface area (Å²) < 4.78 is 27.6. The fourth-order valence-corrected chi connectivity index (χ4v) is 6.07. The number of amides is 1. The van der Waals surface area contributed by atoms with E-state index in [9.17, 15) is 14.7 Å². The number of primary amides is 1. The molecule has 1 saturated carbocycles. The molecule has 4 N–H and O–H groups in total. The van der Waals surface area contributed by atoms with Crippen LogP contribution in [0, 0.1) is 11.7 Å². The van der Waals surface area contributed by atoms with Crippen LogP contribution in [0.1, 0.15) is 47.2 Å². The van der Waals surface area contributed by atoms with Gasteiger partial charge in [0.15, 0.2) is 17.2 Å². The quantitative estimate of drug-likeness (QED) is 0.349. The zero-order valence-electron chi connectivity index (χ0n) is 21.5. The molecule has 3 aromatic rings. The molecule has 1 fully saturated rings. The second kappa shape index (κ2) is 10.9. The molecule has 1 aliphatic heterocycles. The summed E-state index contributed by atoms with van der Waals surface area (Å²) >= 11 is 6.69. The van der Waals surface area contributed by atoms with Gasteiger partial charge in [-0.25, -0.2) is 4.39 Å². The number of hydrogen-bond acceptors (Lipinski definition) is 5. The number of carbonyl (C=O) groups excluding carboxylic acids is 1. The van der Waals surface area contributed by atoms with Gasteiger partial charge in [0.1, 0.15) is 5.75 Å². The van der Waals surface area contributed by atoms with Gasteiger partial charge >= 0.3 is 5.97 Å². The van der Waals surface area contributed by atoms with Gasteiger partial charge < -0.3 is 25.6 Å². The Kier molecular flexibility index (Phi) is 7.51. The van der Waals surface area contributed by atoms with Crippen LogP contribution in [-0.2, 0) is 16.8 Å². The van der Waals surface area contributed by atoms with Gasteiger partial charge in [0, 0.05) is 40.7 Å². The van der Waals surface area contributed by atoms with E-state index >= 15 is 4.39 Å². The van der Waals surface area contributed by atoms with Crippen molar-refractivity contribution in [1.82, 2.24) is 5.32 Å². The lowest BCUT2D eigenvalue weighted by atomic mass is 9.83. The Bertz CT molecular complexity index is 1410. The number of halogens is 2. The number of fused-ring (bicyclic) bond motifs is 1. The molecule has 1 heterocycles. The number of nitrogens with one attached hydrogen (secondary N) is 1. The fourth-order valence-electron chi connectivity index (χ4n) is 5.80. The van der Waals surface area contributed by atoms with Crippen LogP contribution in [0.3, 0.4) is 0 Å². The van der Waals surface area contributed by atoms with Crippen LogP contribution in [0.25, 0.3) is 11.1 Å². The Morgan fingerprint density at radius 3 is 2.46 bits per heavy atom. The average molecular weight is 553 g/mol. The molecule has 0 unspecified atom stereocenters. The molecule has 0 aromatic heterocycles. The highest BCUT2D eigenvalue weighted by atomic mass is 35.5. The van der Waals surface area contributed by atoms with Crippen molar-refractivity contribution in [1.29, 1.82) is 0 Å². The molecule has 0 bridgehead atoms. The number of hydrogen-bond donors (Lipinski definition) is 3. The van der Waals surface area contributed by atoms with Crippen molar-refractivity contribution in [3.05, 3.63) is 82.1 Å². The fraction of sp³-hybridized carbons (Fsp3) is 0.333. The van der Waals surface area contributed by atoms with Gasteiger partial charge in [0.25, 0.3) is 0 Å². The van der Waals surface area contributed by atoms with Gasteiger partial charge in [-0.3, -0.25) is 9.59 Å². The number of aliphatic carboxylic acids is 1. The zero-order valence-corrected chi connectivity index (χ0v) is 22.3. The number of methoxy groups -OCH3 is 1. The van der Waals surface area contributed by atoms with Gasteiger partial charge in [-0.05, 0) is 55.5 Å². The van der Waals surface area contributed by atoms with Crippen molar-refractivity contribution in [2.24, 2.45) is 11.7 Å². The van der Waals surface area contributed by atoms with E-state index in [0.29, 0.717) is 42.7 Å². The molecule has 7 nitrogen and oxygen atoms in total. The highest BCUT2D eigenvalue weighted by molar-refractivity contribution is 6.34. The van der Waals surface area contributed by atoms with Gasteiger partial charge in [0.05, 0.1) is 18.6 Å². The first kappa shape index (κ1) is 27.0. The van der Waals surface area contributed by atoms with Gasteiger partial charge in [-0.15, -0.1) is 0 Å². The van der Waals surface area contributed by atoms with Crippen molar-refractivity contribution >= 4 is 23.5 Å². The van der Waals surface area contributed by atoms with Crippen LogP contribution >= 0.6 is 11.6 Å². The SMILES string of the molecule is COc1ccc(C(N)=O)c(-c2c(Cl)ccc3c2C[C@@](CN[C@H]2CC[C@@H](C(=O)O)CC2)(c2ccccc2)O3)c1F. The lowest BCUT2D eigenvalue weighted by Gasteiger charge is -2.34. The lowest BCUT2D eigenvalue weighted by molar-refractivity contribution is -0.142. The number of ether oxygens (including phenoxy) is 2. The normalized spacial score (nSPS) is 22.1. The molecule has 5 rings (SSSR count). The maximum Gasteiger partial charge on any atom is 0.306 e. The summed E-state index contributed by atoms with van der Waals surface area (Å²) in [6, 6.07) is 16.1. The summed E-state index contributed by atoms with van der Waals surface area (Å²) in [6.07, 6.45) is 3.11. The van der Waals surface area contributed by atoms with Crippen molar-refractivity contribution < 1.29 is 28.6 Å². The Morgan fingerprint density at radius 2 is 1.82 bits per heavy atom. The van der Waals surface area contributed by atoms with Crippen molar-refractivity contribution in [2.75, 3.05) is 13.7 Å². The molecular formula is C30H30ClFN2O5. The highest BCUT2D eigenvalue weighted by Crippen LogP contribution is 2.49. The first-order valence-corrected chi connectivity index (χ1v) is 13.3. The van der Waals surface area contributed by atoms with Gasteiger partial charge in [-0.1, -0.05) is 41.9 Å². The minimum atomic E-state index is -0.838. The molecule has 1 amide bonds. The minimum absolute atomic E-state index is 0.00544. The Balaban J connectivity index is 1.54. The number of nitrogens with two attached hydrogens (primary N) is 1. The molecule has 0 spiro atoms. The van der Waals surface area contributed by atoms with E-state index in [1.54, 1.807) is 12.1 Å². The third-order valence-electron chi connectivity index (χ3n) is 7.88. The molecule has 0 saturated heterocycles. The second-order valence-corrected chi connectivity index (χ2v) is 10.6.